The van der Waals surface area contributed by atoms with E-state index in [9.17, 15) is 4.79 Å². The second kappa shape index (κ2) is 5.11. The van der Waals surface area contributed by atoms with Gasteiger partial charge in [-0.3, -0.25) is 4.79 Å². The van der Waals surface area contributed by atoms with E-state index in [1.807, 2.05) is 30.9 Å². The predicted molar refractivity (Wildman–Crippen MR) is 79.3 cm³/mol. The average molecular weight is 293 g/mol. The molecule has 20 heavy (non-hydrogen) atoms. The fourth-order valence-electron chi connectivity index (χ4n) is 2.69. The summed E-state index contributed by atoms with van der Waals surface area (Å²) < 4.78 is 5.75. The van der Waals surface area contributed by atoms with E-state index in [0.29, 0.717) is 22.9 Å². The van der Waals surface area contributed by atoms with Crippen molar-refractivity contribution in [3.8, 4) is 0 Å². The molecule has 1 fully saturated rings. The summed E-state index contributed by atoms with van der Waals surface area (Å²) in [6.45, 7) is 6.27. The summed E-state index contributed by atoms with van der Waals surface area (Å²) in [5.74, 6) is 0.352. The number of halogens is 1. The lowest BCUT2D eigenvalue weighted by Gasteiger charge is -2.33. The summed E-state index contributed by atoms with van der Waals surface area (Å²) in [5, 5.41) is 4.72. The lowest BCUT2D eigenvalue weighted by atomic mass is 10.1. The second-order valence-corrected chi connectivity index (χ2v) is 5.63. The van der Waals surface area contributed by atoms with Crippen LogP contribution in [0.4, 0.5) is 0 Å². The molecule has 0 bridgehead atoms. The number of fused-ring (bicyclic) bond motifs is 1. The summed E-state index contributed by atoms with van der Waals surface area (Å²) in [6.07, 6.45) is 0. The smallest absolute Gasteiger partial charge is 0.290 e. The van der Waals surface area contributed by atoms with Crippen LogP contribution in [0.25, 0.3) is 11.0 Å². The second-order valence-electron chi connectivity index (χ2n) is 5.22. The van der Waals surface area contributed by atoms with Crippen LogP contribution in [0.5, 0.6) is 0 Å². The van der Waals surface area contributed by atoms with Crippen molar-refractivity contribution >= 4 is 28.5 Å². The van der Waals surface area contributed by atoms with Crippen molar-refractivity contribution in [2.75, 3.05) is 19.6 Å². The Morgan fingerprint density at radius 1 is 1.50 bits per heavy atom. The van der Waals surface area contributed by atoms with E-state index in [0.717, 1.165) is 24.0 Å². The number of furan rings is 1. The third kappa shape index (κ3) is 2.09. The minimum absolute atomic E-state index is 0.0521. The van der Waals surface area contributed by atoms with Crippen LogP contribution in [0, 0.1) is 6.92 Å². The maximum Gasteiger partial charge on any atom is 0.290 e. The van der Waals surface area contributed by atoms with Crippen LogP contribution in [0.15, 0.2) is 22.6 Å². The average Bonchev–Trinajstić information content (AvgIpc) is 2.78. The number of nitrogens with one attached hydrogen (secondary N) is 1. The molecule has 3 rings (SSSR count). The number of benzene rings is 1. The molecule has 1 aromatic heterocycles. The molecule has 5 heteroatoms. The number of para-hydroxylation sites is 1. The summed E-state index contributed by atoms with van der Waals surface area (Å²) in [5.41, 5.74) is 1.45. The highest BCUT2D eigenvalue weighted by molar-refractivity contribution is 6.35. The van der Waals surface area contributed by atoms with E-state index in [1.54, 1.807) is 6.07 Å². The van der Waals surface area contributed by atoms with Crippen LogP contribution < -0.4 is 5.32 Å². The highest BCUT2D eigenvalue weighted by Crippen LogP contribution is 2.31. The highest BCUT2D eigenvalue weighted by atomic mass is 35.5. The summed E-state index contributed by atoms with van der Waals surface area (Å²) in [6, 6.07) is 5.74. The van der Waals surface area contributed by atoms with Gasteiger partial charge in [-0.15, -0.1) is 0 Å². The Bertz CT molecular complexity index is 665. The van der Waals surface area contributed by atoms with Gasteiger partial charge in [0.05, 0.1) is 5.02 Å². The molecule has 2 heterocycles. The van der Waals surface area contributed by atoms with Crippen molar-refractivity contribution in [2.45, 2.75) is 19.9 Å². The van der Waals surface area contributed by atoms with Gasteiger partial charge in [0.15, 0.2) is 11.3 Å². The van der Waals surface area contributed by atoms with Gasteiger partial charge in [0.2, 0.25) is 0 Å². The molecule has 4 nitrogen and oxygen atoms in total. The molecule has 2 aromatic rings. The Kier molecular flexibility index (Phi) is 3.44. The number of hydrogen-bond acceptors (Lipinski definition) is 3. The molecule has 1 N–H and O–H groups in total. The van der Waals surface area contributed by atoms with Gasteiger partial charge in [-0.1, -0.05) is 23.7 Å². The Labute approximate surface area is 122 Å². The number of rotatable bonds is 1. The largest absolute Gasteiger partial charge is 0.449 e. The zero-order valence-corrected chi connectivity index (χ0v) is 12.3. The molecule has 0 aliphatic carbocycles. The molecule has 1 aliphatic rings. The van der Waals surface area contributed by atoms with Gasteiger partial charge in [0.25, 0.3) is 5.91 Å². The summed E-state index contributed by atoms with van der Waals surface area (Å²) in [7, 11) is 0. The fourth-order valence-corrected chi connectivity index (χ4v) is 2.90. The van der Waals surface area contributed by atoms with Gasteiger partial charge in [-0.05, 0) is 19.9 Å². The SMILES string of the molecule is Cc1c(C(=O)N2CCNCC2C)oc2c(Cl)cccc12. The Balaban J connectivity index is 2.03. The quantitative estimate of drug-likeness (QED) is 0.879. The van der Waals surface area contributed by atoms with Gasteiger partial charge in [0.1, 0.15) is 0 Å². The van der Waals surface area contributed by atoms with E-state index in [2.05, 4.69) is 5.32 Å². The third-order valence-corrected chi connectivity index (χ3v) is 4.17. The number of amides is 1. The number of hydrogen-bond donors (Lipinski definition) is 1. The van der Waals surface area contributed by atoms with Crippen LogP contribution in [0.2, 0.25) is 5.02 Å². The Hall–Kier alpha value is -1.52. The standard InChI is InChI=1S/C15H17ClN2O2/c1-9-8-17-6-7-18(9)15(19)13-10(2)11-4-3-5-12(16)14(11)20-13/h3-5,9,17H,6-8H2,1-2H3. The first-order valence-corrected chi connectivity index (χ1v) is 7.16. The van der Waals surface area contributed by atoms with Crippen molar-refractivity contribution in [1.29, 1.82) is 0 Å². The lowest BCUT2D eigenvalue weighted by molar-refractivity contribution is 0.0624. The highest BCUT2D eigenvalue weighted by Gasteiger charge is 2.28. The number of nitrogens with zero attached hydrogens (tertiary/aromatic N) is 1. The summed E-state index contributed by atoms with van der Waals surface area (Å²) >= 11 is 6.13. The van der Waals surface area contributed by atoms with Gasteiger partial charge in [-0.2, -0.15) is 0 Å². The van der Waals surface area contributed by atoms with E-state index >= 15 is 0 Å². The molecular weight excluding hydrogens is 276 g/mol. The molecule has 1 aromatic carbocycles. The molecule has 1 amide bonds. The van der Waals surface area contributed by atoms with Crippen LogP contribution in [0.1, 0.15) is 23.0 Å². The predicted octanol–water partition coefficient (Wildman–Crippen LogP) is 2.83. The van der Waals surface area contributed by atoms with Crippen molar-refractivity contribution in [3.63, 3.8) is 0 Å². The zero-order chi connectivity index (χ0) is 14.3. The first-order valence-electron chi connectivity index (χ1n) is 6.79. The van der Waals surface area contributed by atoms with Crippen molar-refractivity contribution in [2.24, 2.45) is 0 Å². The molecular formula is C15H17ClN2O2. The molecule has 1 aliphatic heterocycles. The Morgan fingerprint density at radius 3 is 3.00 bits per heavy atom. The minimum Gasteiger partial charge on any atom is -0.449 e. The summed E-state index contributed by atoms with van der Waals surface area (Å²) in [4.78, 5) is 14.5. The number of carbonyl (C=O) groups is 1. The number of aryl methyl sites for hydroxylation is 1. The van der Waals surface area contributed by atoms with E-state index in [-0.39, 0.29) is 11.9 Å². The van der Waals surface area contributed by atoms with Gasteiger partial charge < -0.3 is 14.6 Å². The molecule has 106 valence electrons. The van der Waals surface area contributed by atoms with Crippen LogP contribution >= 0.6 is 11.6 Å². The lowest BCUT2D eigenvalue weighted by Crippen LogP contribution is -2.52. The van der Waals surface area contributed by atoms with Crippen molar-refractivity contribution < 1.29 is 9.21 Å². The van der Waals surface area contributed by atoms with Crippen molar-refractivity contribution in [1.82, 2.24) is 10.2 Å². The third-order valence-electron chi connectivity index (χ3n) is 3.87. The van der Waals surface area contributed by atoms with E-state index in [4.69, 9.17) is 16.0 Å². The topological polar surface area (TPSA) is 45.5 Å². The maximum absolute atomic E-state index is 12.7. The number of carbonyl (C=O) groups excluding carboxylic acids is 1. The van der Waals surface area contributed by atoms with Crippen LogP contribution in [-0.4, -0.2) is 36.5 Å². The monoisotopic (exact) mass is 292 g/mol. The number of piperazine rings is 1. The molecule has 1 atom stereocenters. The van der Waals surface area contributed by atoms with E-state index < -0.39 is 0 Å². The molecule has 0 spiro atoms. The molecule has 0 radical (unpaired) electrons. The van der Waals surface area contributed by atoms with E-state index in [1.165, 1.54) is 0 Å². The Morgan fingerprint density at radius 2 is 2.30 bits per heavy atom. The zero-order valence-electron chi connectivity index (χ0n) is 11.6. The molecule has 1 saturated heterocycles. The van der Waals surface area contributed by atoms with Gasteiger partial charge in [-0.25, -0.2) is 0 Å². The van der Waals surface area contributed by atoms with Gasteiger partial charge in [0, 0.05) is 36.6 Å². The minimum atomic E-state index is -0.0521. The first kappa shape index (κ1) is 13.5. The first-order chi connectivity index (χ1) is 9.59. The normalized spacial score (nSPS) is 19.6. The van der Waals surface area contributed by atoms with Crippen molar-refractivity contribution in [3.05, 3.63) is 34.5 Å². The maximum atomic E-state index is 12.7. The van der Waals surface area contributed by atoms with Crippen LogP contribution in [0.3, 0.4) is 0 Å². The fraction of sp³-hybridized carbons (Fsp3) is 0.400. The molecule has 1 unspecified atom stereocenters. The van der Waals surface area contributed by atoms with Gasteiger partial charge >= 0.3 is 0 Å². The molecule has 0 saturated carbocycles. The van der Waals surface area contributed by atoms with Crippen LogP contribution in [-0.2, 0) is 0 Å².